The number of benzene rings is 1. The molecule has 26 heavy (non-hydrogen) atoms. The Morgan fingerprint density at radius 3 is 2.62 bits per heavy atom. The second-order valence-electron chi connectivity index (χ2n) is 6.04. The highest BCUT2D eigenvalue weighted by Crippen LogP contribution is 2.18. The predicted octanol–water partition coefficient (Wildman–Crippen LogP) is 2.98. The summed E-state index contributed by atoms with van der Waals surface area (Å²) >= 11 is 1.68. The number of anilines is 1. The molecule has 1 aliphatic heterocycles. The van der Waals surface area contributed by atoms with Gasteiger partial charge in [-0.2, -0.15) is 0 Å². The van der Waals surface area contributed by atoms with Crippen LogP contribution in [0.5, 0.6) is 5.75 Å². The third-order valence-corrected chi connectivity index (χ3v) is 4.99. The lowest BCUT2D eigenvalue weighted by Crippen LogP contribution is -2.51. The Morgan fingerprint density at radius 1 is 1.23 bits per heavy atom. The molecule has 1 aliphatic rings. The second-order valence-corrected chi connectivity index (χ2v) is 6.92. The minimum atomic E-state index is 0. The van der Waals surface area contributed by atoms with Gasteiger partial charge >= 0.3 is 0 Å². The molecule has 0 aliphatic carbocycles. The van der Waals surface area contributed by atoms with Gasteiger partial charge in [0.05, 0.1) is 6.61 Å². The third-order valence-electron chi connectivity index (χ3n) is 4.16. The van der Waals surface area contributed by atoms with Crippen molar-refractivity contribution in [3.8, 4) is 5.75 Å². The number of ether oxygens (including phenoxy) is 1. The topological polar surface area (TPSA) is 67.0 Å². The molecule has 2 aromatic rings. The Labute approximate surface area is 176 Å². The van der Waals surface area contributed by atoms with Crippen LogP contribution in [0.1, 0.15) is 12.0 Å². The fourth-order valence-electron chi connectivity index (χ4n) is 2.68. The van der Waals surface area contributed by atoms with Gasteiger partial charge in [-0.05, 0) is 19.1 Å². The van der Waals surface area contributed by atoms with Crippen LogP contribution in [0.4, 0.5) is 5.13 Å². The first kappa shape index (κ1) is 20.8. The van der Waals surface area contributed by atoms with Gasteiger partial charge in [-0.1, -0.05) is 17.7 Å². The third kappa shape index (κ3) is 6.01. The lowest BCUT2D eigenvalue weighted by atomic mass is 10.2. The van der Waals surface area contributed by atoms with E-state index in [4.69, 9.17) is 10.5 Å². The zero-order valence-electron chi connectivity index (χ0n) is 15.0. The van der Waals surface area contributed by atoms with Crippen LogP contribution >= 0.6 is 35.3 Å². The molecule has 0 radical (unpaired) electrons. The zero-order chi connectivity index (χ0) is 17.5. The number of rotatable bonds is 6. The first-order valence-electron chi connectivity index (χ1n) is 8.61. The van der Waals surface area contributed by atoms with E-state index in [-0.39, 0.29) is 24.0 Å². The molecule has 0 spiro atoms. The minimum Gasteiger partial charge on any atom is -0.494 e. The quantitative estimate of drug-likeness (QED) is 0.294. The smallest absolute Gasteiger partial charge is 0.191 e. The van der Waals surface area contributed by atoms with E-state index in [9.17, 15) is 0 Å². The van der Waals surface area contributed by atoms with Gasteiger partial charge in [-0.25, -0.2) is 4.98 Å². The average Bonchev–Trinajstić information content (AvgIpc) is 3.18. The van der Waals surface area contributed by atoms with E-state index < -0.39 is 0 Å². The standard InChI is InChI=1S/C18H25N5OS.HI/c1-15-3-5-16(6-4-15)24-13-2-7-20-17(19)22-9-11-23(12-10-22)18-21-8-14-25-18;/h3-6,8,14H,2,7,9-13H2,1H3,(H2,19,20);1H. The van der Waals surface area contributed by atoms with E-state index in [0.29, 0.717) is 19.1 Å². The van der Waals surface area contributed by atoms with Crippen molar-refractivity contribution >= 4 is 46.4 Å². The summed E-state index contributed by atoms with van der Waals surface area (Å²) in [6.07, 6.45) is 2.70. The molecule has 1 saturated heterocycles. The first-order chi connectivity index (χ1) is 12.2. The van der Waals surface area contributed by atoms with Crippen LogP contribution in [0.3, 0.4) is 0 Å². The summed E-state index contributed by atoms with van der Waals surface area (Å²) in [7, 11) is 0. The minimum absolute atomic E-state index is 0. The highest BCUT2D eigenvalue weighted by atomic mass is 127. The summed E-state index contributed by atoms with van der Waals surface area (Å²) in [5.74, 6) is 1.54. The van der Waals surface area contributed by atoms with Gasteiger partial charge in [-0.15, -0.1) is 35.3 Å². The van der Waals surface area contributed by atoms with Gasteiger partial charge in [0.15, 0.2) is 11.1 Å². The molecule has 1 fully saturated rings. The van der Waals surface area contributed by atoms with E-state index in [2.05, 4.69) is 38.8 Å². The summed E-state index contributed by atoms with van der Waals surface area (Å²) in [4.78, 5) is 13.3. The summed E-state index contributed by atoms with van der Waals surface area (Å²) < 4.78 is 5.71. The number of aryl methyl sites for hydroxylation is 1. The number of aromatic nitrogens is 1. The van der Waals surface area contributed by atoms with Gasteiger partial charge in [0.25, 0.3) is 0 Å². The number of thiazole rings is 1. The molecule has 1 aromatic heterocycles. The van der Waals surface area contributed by atoms with Gasteiger partial charge in [0.1, 0.15) is 5.75 Å². The highest BCUT2D eigenvalue weighted by Gasteiger charge is 2.19. The van der Waals surface area contributed by atoms with Crippen molar-refractivity contribution < 1.29 is 4.74 Å². The van der Waals surface area contributed by atoms with Crippen LogP contribution in [0.2, 0.25) is 0 Å². The molecular weight excluding hydrogens is 461 g/mol. The molecule has 2 heterocycles. The summed E-state index contributed by atoms with van der Waals surface area (Å²) in [6.45, 7) is 7.03. The number of piperazine rings is 1. The maximum Gasteiger partial charge on any atom is 0.191 e. The fourth-order valence-corrected chi connectivity index (χ4v) is 3.38. The van der Waals surface area contributed by atoms with Crippen LogP contribution < -0.4 is 15.4 Å². The normalized spacial score (nSPS) is 14.9. The van der Waals surface area contributed by atoms with Crippen LogP contribution in [0, 0.1) is 6.92 Å². The van der Waals surface area contributed by atoms with Crippen LogP contribution in [0.15, 0.2) is 40.8 Å². The van der Waals surface area contributed by atoms with Crippen molar-refractivity contribution in [2.24, 2.45) is 10.7 Å². The van der Waals surface area contributed by atoms with E-state index >= 15 is 0 Å². The second kappa shape index (κ2) is 10.6. The monoisotopic (exact) mass is 487 g/mol. The van der Waals surface area contributed by atoms with Crippen LogP contribution in [0.25, 0.3) is 0 Å². The molecule has 3 rings (SSSR count). The van der Waals surface area contributed by atoms with Crippen LogP contribution in [-0.2, 0) is 0 Å². The van der Waals surface area contributed by atoms with E-state index in [0.717, 1.165) is 43.5 Å². The van der Waals surface area contributed by atoms with Gasteiger partial charge in [-0.3, -0.25) is 4.99 Å². The van der Waals surface area contributed by atoms with Crippen molar-refractivity contribution in [3.63, 3.8) is 0 Å². The number of guanidine groups is 1. The number of hydrogen-bond acceptors (Lipinski definition) is 5. The Balaban J connectivity index is 0.00000243. The van der Waals surface area contributed by atoms with Crippen molar-refractivity contribution in [2.45, 2.75) is 13.3 Å². The van der Waals surface area contributed by atoms with E-state index in [1.807, 2.05) is 23.7 Å². The van der Waals surface area contributed by atoms with Gasteiger partial charge in [0, 0.05) is 50.7 Å². The average molecular weight is 487 g/mol. The van der Waals surface area contributed by atoms with Crippen molar-refractivity contribution in [2.75, 3.05) is 44.2 Å². The lowest BCUT2D eigenvalue weighted by Gasteiger charge is -2.35. The Hall–Kier alpha value is -1.55. The lowest BCUT2D eigenvalue weighted by molar-refractivity contribution is 0.313. The Bertz CT molecular complexity index is 669. The molecular formula is C18H26IN5OS. The molecule has 0 amide bonds. The summed E-state index contributed by atoms with van der Waals surface area (Å²) in [6, 6.07) is 8.09. The molecule has 142 valence electrons. The molecule has 0 saturated carbocycles. The number of nitrogens with two attached hydrogens (primary N) is 1. The highest BCUT2D eigenvalue weighted by molar-refractivity contribution is 14.0. The molecule has 0 unspecified atom stereocenters. The largest absolute Gasteiger partial charge is 0.494 e. The maximum absolute atomic E-state index is 6.13. The molecule has 2 N–H and O–H groups in total. The zero-order valence-corrected chi connectivity index (χ0v) is 18.2. The fraction of sp³-hybridized carbons (Fsp3) is 0.444. The maximum atomic E-state index is 6.13. The van der Waals surface area contributed by atoms with Gasteiger partial charge < -0.3 is 20.3 Å². The number of nitrogens with zero attached hydrogens (tertiary/aromatic N) is 4. The Morgan fingerprint density at radius 2 is 1.96 bits per heavy atom. The molecule has 1 aromatic carbocycles. The van der Waals surface area contributed by atoms with Crippen molar-refractivity contribution in [3.05, 3.63) is 41.4 Å². The summed E-state index contributed by atoms with van der Waals surface area (Å²) in [5, 5.41) is 3.10. The molecule has 6 nitrogen and oxygen atoms in total. The van der Waals surface area contributed by atoms with Crippen molar-refractivity contribution in [1.29, 1.82) is 0 Å². The van der Waals surface area contributed by atoms with Crippen molar-refractivity contribution in [1.82, 2.24) is 9.88 Å². The molecule has 0 atom stereocenters. The first-order valence-corrected chi connectivity index (χ1v) is 9.49. The van der Waals surface area contributed by atoms with Crippen LogP contribution in [-0.4, -0.2) is 55.2 Å². The molecule has 8 heteroatoms. The number of halogens is 1. The SMILES string of the molecule is Cc1ccc(OCCCN=C(N)N2CCN(c3nccs3)CC2)cc1.I. The predicted molar refractivity (Wildman–Crippen MR) is 119 cm³/mol. The number of hydrogen-bond donors (Lipinski definition) is 1. The Kier molecular flexibility index (Phi) is 8.43. The molecule has 0 bridgehead atoms. The number of aliphatic imine (C=N–C) groups is 1. The summed E-state index contributed by atoms with van der Waals surface area (Å²) in [5.41, 5.74) is 7.36. The van der Waals surface area contributed by atoms with E-state index in [1.165, 1.54) is 5.56 Å². The van der Waals surface area contributed by atoms with E-state index in [1.54, 1.807) is 11.3 Å². The van der Waals surface area contributed by atoms with Gasteiger partial charge in [0.2, 0.25) is 0 Å².